The molecule has 18 heavy (non-hydrogen) atoms. The third-order valence-corrected chi connectivity index (χ3v) is 5.05. The number of halogens is 1. The Morgan fingerprint density at radius 2 is 2.28 bits per heavy atom. The van der Waals surface area contributed by atoms with E-state index in [1.165, 1.54) is 0 Å². The van der Waals surface area contributed by atoms with Crippen molar-refractivity contribution >= 4 is 33.4 Å². The number of nitrogens with zero attached hydrogens (tertiary/aromatic N) is 2. The molecule has 1 aromatic carbocycles. The molecule has 1 aliphatic heterocycles. The number of nitriles is 1. The van der Waals surface area contributed by atoms with Crippen LogP contribution in [-0.2, 0) is 5.33 Å². The van der Waals surface area contributed by atoms with Gasteiger partial charge in [-0.05, 0) is 31.5 Å². The van der Waals surface area contributed by atoms with E-state index in [0.29, 0.717) is 0 Å². The highest BCUT2D eigenvalue weighted by molar-refractivity contribution is 9.08. The summed E-state index contributed by atoms with van der Waals surface area (Å²) < 4.78 is 0.263. The zero-order valence-electron chi connectivity index (χ0n) is 10.7. The Kier molecular flexibility index (Phi) is 4.24. The number of rotatable bonds is 2. The Morgan fingerprint density at radius 3 is 2.89 bits per heavy atom. The molecular formula is C14H17BrN2S. The summed E-state index contributed by atoms with van der Waals surface area (Å²) in [5.74, 6) is 1.12. The molecule has 1 aliphatic rings. The highest BCUT2D eigenvalue weighted by Crippen LogP contribution is 2.33. The van der Waals surface area contributed by atoms with Crippen LogP contribution in [0, 0.1) is 11.3 Å². The fourth-order valence-corrected chi connectivity index (χ4v) is 3.71. The number of alkyl halides is 1. The molecule has 1 heterocycles. The largest absolute Gasteiger partial charge is 0.368 e. The van der Waals surface area contributed by atoms with E-state index in [9.17, 15) is 5.26 Å². The van der Waals surface area contributed by atoms with Gasteiger partial charge in [0.15, 0.2) is 0 Å². The van der Waals surface area contributed by atoms with E-state index in [4.69, 9.17) is 0 Å². The second-order valence-electron chi connectivity index (χ2n) is 5.13. The van der Waals surface area contributed by atoms with Gasteiger partial charge < -0.3 is 4.90 Å². The molecule has 0 saturated carbocycles. The molecule has 0 aromatic heterocycles. The van der Waals surface area contributed by atoms with Gasteiger partial charge in [-0.25, -0.2) is 0 Å². The summed E-state index contributed by atoms with van der Waals surface area (Å²) in [5.41, 5.74) is 3.02. The molecule has 1 aromatic rings. The van der Waals surface area contributed by atoms with Crippen LogP contribution >= 0.6 is 27.7 Å². The molecule has 4 heteroatoms. The zero-order valence-corrected chi connectivity index (χ0v) is 13.1. The lowest BCUT2D eigenvalue weighted by Crippen LogP contribution is -2.43. The average molecular weight is 325 g/mol. The molecular weight excluding hydrogens is 308 g/mol. The Hall–Kier alpha value is -0.660. The van der Waals surface area contributed by atoms with Crippen molar-refractivity contribution in [1.82, 2.24) is 0 Å². The van der Waals surface area contributed by atoms with Crippen molar-refractivity contribution in [2.45, 2.75) is 23.9 Å². The number of anilines is 1. The van der Waals surface area contributed by atoms with Gasteiger partial charge in [-0.15, -0.1) is 0 Å². The lowest BCUT2D eigenvalue weighted by Gasteiger charge is -2.39. The first kappa shape index (κ1) is 13.8. The summed E-state index contributed by atoms with van der Waals surface area (Å²) >= 11 is 5.44. The number of benzene rings is 1. The molecule has 0 unspecified atom stereocenters. The maximum Gasteiger partial charge on any atom is 0.101 e. The molecule has 96 valence electrons. The minimum absolute atomic E-state index is 0.263. The van der Waals surface area contributed by atoms with Gasteiger partial charge in [0, 0.05) is 28.9 Å². The first-order valence-corrected chi connectivity index (χ1v) is 8.14. The first-order chi connectivity index (χ1) is 8.55. The highest BCUT2D eigenvalue weighted by Gasteiger charge is 2.28. The molecule has 0 N–H and O–H groups in total. The van der Waals surface area contributed by atoms with Gasteiger partial charge in [-0.2, -0.15) is 17.0 Å². The maximum absolute atomic E-state index is 9.30. The number of hydrogen-bond donors (Lipinski definition) is 0. The second kappa shape index (κ2) is 5.54. The maximum atomic E-state index is 9.30. The quantitative estimate of drug-likeness (QED) is 0.774. The van der Waals surface area contributed by atoms with Gasteiger partial charge in [0.05, 0.1) is 11.3 Å². The summed E-state index contributed by atoms with van der Waals surface area (Å²) in [6.45, 7) is 6.56. The molecule has 0 amide bonds. The standard InChI is InChI=1S/C14H17BrN2S/c1-14(2)10-17(5-6-18-14)13-4-3-11(8-15)7-12(13)9-16/h3-4,7H,5-6,8,10H2,1-2H3. The summed E-state index contributed by atoms with van der Waals surface area (Å²) in [6, 6.07) is 8.49. The third kappa shape index (κ3) is 3.02. The van der Waals surface area contributed by atoms with Crippen LogP contribution in [0.4, 0.5) is 5.69 Å². The SMILES string of the molecule is CC1(C)CN(c2ccc(CBr)cc2C#N)CCS1. The zero-order chi connectivity index (χ0) is 13.2. The summed E-state index contributed by atoms with van der Waals surface area (Å²) in [5, 5.41) is 10.1. The smallest absolute Gasteiger partial charge is 0.101 e. The van der Waals surface area contributed by atoms with Crippen LogP contribution < -0.4 is 4.90 Å². The van der Waals surface area contributed by atoms with Crippen molar-refractivity contribution in [2.75, 3.05) is 23.7 Å². The van der Waals surface area contributed by atoms with Crippen LogP contribution in [0.5, 0.6) is 0 Å². The molecule has 0 bridgehead atoms. The minimum Gasteiger partial charge on any atom is -0.368 e. The Bertz CT molecular complexity index is 479. The topological polar surface area (TPSA) is 27.0 Å². The van der Waals surface area contributed by atoms with E-state index in [0.717, 1.165) is 41.0 Å². The van der Waals surface area contributed by atoms with Crippen LogP contribution in [-0.4, -0.2) is 23.6 Å². The fraction of sp³-hybridized carbons (Fsp3) is 0.500. The van der Waals surface area contributed by atoms with E-state index in [1.54, 1.807) is 0 Å². The number of hydrogen-bond acceptors (Lipinski definition) is 3. The lowest BCUT2D eigenvalue weighted by atomic mass is 10.1. The Labute approximate surface area is 121 Å². The van der Waals surface area contributed by atoms with Crippen LogP contribution in [0.15, 0.2) is 18.2 Å². The predicted molar refractivity (Wildman–Crippen MR) is 82.5 cm³/mol. The lowest BCUT2D eigenvalue weighted by molar-refractivity contribution is 0.647. The molecule has 0 aliphatic carbocycles. The van der Waals surface area contributed by atoms with E-state index in [2.05, 4.69) is 52.9 Å². The van der Waals surface area contributed by atoms with Crippen LogP contribution in [0.2, 0.25) is 0 Å². The van der Waals surface area contributed by atoms with Crippen LogP contribution in [0.1, 0.15) is 25.0 Å². The summed E-state index contributed by atoms with van der Waals surface area (Å²) in [6.07, 6.45) is 0. The van der Waals surface area contributed by atoms with Crippen molar-refractivity contribution < 1.29 is 0 Å². The van der Waals surface area contributed by atoms with Crippen molar-refractivity contribution in [3.63, 3.8) is 0 Å². The van der Waals surface area contributed by atoms with Gasteiger partial charge in [-0.1, -0.05) is 22.0 Å². The van der Waals surface area contributed by atoms with Crippen molar-refractivity contribution in [2.24, 2.45) is 0 Å². The van der Waals surface area contributed by atoms with Gasteiger partial charge >= 0.3 is 0 Å². The van der Waals surface area contributed by atoms with E-state index < -0.39 is 0 Å². The van der Waals surface area contributed by atoms with Crippen molar-refractivity contribution in [1.29, 1.82) is 5.26 Å². The minimum atomic E-state index is 0.263. The Morgan fingerprint density at radius 1 is 1.50 bits per heavy atom. The molecule has 0 atom stereocenters. The van der Waals surface area contributed by atoms with Crippen LogP contribution in [0.3, 0.4) is 0 Å². The fourth-order valence-electron chi connectivity index (χ4n) is 2.25. The van der Waals surface area contributed by atoms with Crippen molar-refractivity contribution in [3.8, 4) is 6.07 Å². The predicted octanol–water partition coefficient (Wildman–Crippen LogP) is 3.78. The van der Waals surface area contributed by atoms with Gasteiger partial charge in [0.25, 0.3) is 0 Å². The Balaban J connectivity index is 2.30. The van der Waals surface area contributed by atoms with Crippen LogP contribution in [0.25, 0.3) is 0 Å². The van der Waals surface area contributed by atoms with Crippen molar-refractivity contribution in [3.05, 3.63) is 29.3 Å². The molecule has 2 nitrogen and oxygen atoms in total. The van der Waals surface area contributed by atoms with Gasteiger partial charge in [0.2, 0.25) is 0 Å². The van der Waals surface area contributed by atoms with Gasteiger partial charge in [-0.3, -0.25) is 0 Å². The van der Waals surface area contributed by atoms with Gasteiger partial charge in [0.1, 0.15) is 6.07 Å². The first-order valence-electron chi connectivity index (χ1n) is 6.03. The molecule has 2 rings (SSSR count). The van der Waals surface area contributed by atoms with E-state index in [1.807, 2.05) is 17.8 Å². The molecule has 1 saturated heterocycles. The highest BCUT2D eigenvalue weighted by atomic mass is 79.9. The van der Waals surface area contributed by atoms with E-state index >= 15 is 0 Å². The molecule has 0 spiro atoms. The summed E-state index contributed by atoms with van der Waals surface area (Å²) in [7, 11) is 0. The monoisotopic (exact) mass is 324 g/mol. The normalized spacial score (nSPS) is 18.4. The molecule has 1 fully saturated rings. The van der Waals surface area contributed by atoms with E-state index in [-0.39, 0.29) is 4.75 Å². The number of thioether (sulfide) groups is 1. The second-order valence-corrected chi connectivity index (χ2v) is 7.49. The molecule has 0 radical (unpaired) electrons. The third-order valence-electron chi connectivity index (χ3n) is 3.10. The average Bonchev–Trinajstić information content (AvgIpc) is 2.36. The summed E-state index contributed by atoms with van der Waals surface area (Å²) in [4.78, 5) is 2.34.